The van der Waals surface area contributed by atoms with Gasteiger partial charge in [-0.15, -0.1) is 0 Å². The number of rotatable bonds is 1. The highest BCUT2D eigenvalue weighted by molar-refractivity contribution is 9.10. The normalized spacial score (nSPS) is 10.0. The maximum Gasteiger partial charge on any atom is 0.0692 e. The molecule has 0 saturated carbocycles. The summed E-state index contributed by atoms with van der Waals surface area (Å²) in [4.78, 5) is 0.892. The fourth-order valence-corrected chi connectivity index (χ4v) is 1.69. The number of halogens is 1. The van der Waals surface area contributed by atoms with Crippen molar-refractivity contribution in [3.05, 3.63) is 16.6 Å². The SMILES string of the molecule is NSc1cc(N)c(N)c(Br)c1. The third-order valence-corrected chi connectivity index (χ3v) is 2.44. The Labute approximate surface area is 77.6 Å². The fraction of sp³-hybridized carbons (Fsp3) is 0. The van der Waals surface area contributed by atoms with E-state index >= 15 is 0 Å². The van der Waals surface area contributed by atoms with Crippen molar-refractivity contribution in [2.24, 2.45) is 5.14 Å². The van der Waals surface area contributed by atoms with E-state index in [-0.39, 0.29) is 0 Å². The molecule has 0 spiro atoms. The van der Waals surface area contributed by atoms with E-state index in [0.29, 0.717) is 11.4 Å². The quantitative estimate of drug-likeness (QED) is 0.509. The summed E-state index contributed by atoms with van der Waals surface area (Å²) in [6.45, 7) is 0. The highest BCUT2D eigenvalue weighted by atomic mass is 79.9. The van der Waals surface area contributed by atoms with Gasteiger partial charge in [-0.3, -0.25) is 5.14 Å². The maximum atomic E-state index is 5.58. The lowest BCUT2D eigenvalue weighted by atomic mass is 10.3. The first-order chi connectivity index (χ1) is 5.15. The number of nitrogen functional groups attached to an aromatic ring is 2. The first-order valence-electron chi connectivity index (χ1n) is 2.86. The fourth-order valence-electron chi connectivity index (χ4n) is 0.681. The van der Waals surface area contributed by atoms with Gasteiger partial charge in [0.1, 0.15) is 0 Å². The minimum atomic E-state index is 0.548. The molecule has 0 amide bonds. The summed E-state index contributed by atoms with van der Waals surface area (Å²) in [6.07, 6.45) is 0. The number of hydrogen-bond acceptors (Lipinski definition) is 4. The summed E-state index contributed by atoms with van der Waals surface area (Å²) in [5.74, 6) is 0. The summed E-state index contributed by atoms with van der Waals surface area (Å²) < 4.78 is 0.783. The molecule has 60 valence electrons. The van der Waals surface area contributed by atoms with Crippen LogP contribution < -0.4 is 16.6 Å². The van der Waals surface area contributed by atoms with Crippen molar-refractivity contribution < 1.29 is 0 Å². The van der Waals surface area contributed by atoms with Gasteiger partial charge in [-0.05, 0) is 40.0 Å². The van der Waals surface area contributed by atoms with Gasteiger partial charge in [-0.25, -0.2) is 0 Å². The second-order valence-electron chi connectivity index (χ2n) is 2.03. The lowest BCUT2D eigenvalue weighted by molar-refractivity contribution is 1.43. The van der Waals surface area contributed by atoms with Crippen LogP contribution in [0.5, 0.6) is 0 Å². The molecule has 6 N–H and O–H groups in total. The average molecular weight is 234 g/mol. The lowest BCUT2D eigenvalue weighted by Crippen LogP contribution is -1.96. The third kappa shape index (κ3) is 1.79. The minimum Gasteiger partial charge on any atom is -0.397 e. The second-order valence-corrected chi connectivity index (χ2v) is 3.59. The van der Waals surface area contributed by atoms with E-state index in [1.807, 2.05) is 6.07 Å². The zero-order valence-electron chi connectivity index (χ0n) is 5.67. The summed E-state index contributed by atoms with van der Waals surface area (Å²) in [6, 6.07) is 3.57. The number of hydrogen-bond donors (Lipinski definition) is 3. The van der Waals surface area contributed by atoms with Crippen LogP contribution >= 0.6 is 27.9 Å². The van der Waals surface area contributed by atoms with Crippen molar-refractivity contribution >= 4 is 39.3 Å². The molecule has 1 aromatic rings. The molecule has 0 atom stereocenters. The van der Waals surface area contributed by atoms with Crippen LogP contribution in [0.4, 0.5) is 11.4 Å². The number of nitrogens with two attached hydrogens (primary N) is 3. The van der Waals surface area contributed by atoms with E-state index in [1.165, 1.54) is 0 Å². The van der Waals surface area contributed by atoms with Crippen molar-refractivity contribution in [3.8, 4) is 0 Å². The Bertz CT molecular complexity index is 254. The Kier molecular flexibility index (Phi) is 2.64. The van der Waals surface area contributed by atoms with E-state index in [4.69, 9.17) is 16.6 Å². The molecule has 0 radical (unpaired) electrons. The predicted octanol–water partition coefficient (Wildman–Crippen LogP) is 1.58. The average Bonchev–Trinajstić information content (AvgIpc) is 1.99. The Morgan fingerprint density at radius 2 is 1.91 bits per heavy atom. The topological polar surface area (TPSA) is 78.1 Å². The monoisotopic (exact) mass is 233 g/mol. The van der Waals surface area contributed by atoms with Gasteiger partial charge in [-0.2, -0.15) is 0 Å². The number of anilines is 2. The molecule has 1 aromatic carbocycles. The van der Waals surface area contributed by atoms with Crippen molar-refractivity contribution in [1.29, 1.82) is 0 Å². The molecule has 1 rings (SSSR count). The zero-order valence-corrected chi connectivity index (χ0v) is 8.08. The Hall–Kier alpha value is -0.390. The highest BCUT2D eigenvalue weighted by Crippen LogP contribution is 2.29. The summed E-state index contributed by atoms with van der Waals surface area (Å²) in [5.41, 5.74) is 12.3. The molecule has 0 aliphatic carbocycles. The van der Waals surface area contributed by atoms with Crippen LogP contribution in [-0.4, -0.2) is 0 Å². The molecule has 0 fully saturated rings. The van der Waals surface area contributed by atoms with Crippen LogP contribution in [0.1, 0.15) is 0 Å². The predicted molar refractivity (Wildman–Crippen MR) is 53.0 cm³/mol. The van der Waals surface area contributed by atoms with E-state index in [9.17, 15) is 0 Å². The van der Waals surface area contributed by atoms with Crippen molar-refractivity contribution in [2.75, 3.05) is 11.5 Å². The molecule has 3 nitrogen and oxygen atoms in total. The molecular weight excluding hydrogens is 226 g/mol. The van der Waals surface area contributed by atoms with E-state index in [1.54, 1.807) is 6.07 Å². The molecule has 0 unspecified atom stereocenters. The summed E-state index contributed by atoms with van der Waals surface area (Å²) in [5, 5.41) is 5.34. The highest BCUT2D eigenvalue weighted by Gasteiger charge is 2.01. The van der Waals surface area contributed by atoms with Gasteiger partial charge < -0.3 is 11.5 Å². The van der Waals surface area contributed by atoms with Crippen molar-refractivity contribution in [3.63, 3.8) is 0 Å². The van der Waals surface area contributed by atoms with Gasteiger partial charge in [0.25, 0.3) is 0 Å². The van der Waals surface area contributed by atoms with E-state index < -0.39 is 0 Å². The first kappa shape index (κ1) is 8.70. The Morgan fingerprint density at radius 3 is 2.36 bits per heavy atom. The molecule has 11 heavy (non-hydrogen) atoms. The Balaban J connectivity index is 3.21. The van der Waals surface area contributed by atoms with Crippen LogP contribution in [-0.2, 0) is 0 Å². The molecule has 0 aromatic heterocycles. The van der Waals surface area contributed by atoms with Crippen LogP contribution in [0.3, 0.4) is 0 Å². The minimum absolute atomic E-state index is 0.548. The molecule has 0 bridgehead atoms. The molecule has 0 aliphatic heterocycles. The first-order valence-corrected chi connectivity index (χ1v) is 4.53. The van der Waals surface area contributed by atoms with Crippen LogP contribution in [0.2, 0.25) is 0 Å². The van der Waals surface area contributed by atoms with E-state index in [0.717, 1.165) is 21.3 Å². The van der Waals surface area contributed by atoms with Crippen LogP contribution in [0, 0.1) is 0 Å². The van der Waals surface area contributed by atoms with Crippen molar-refractivity contribution in [1.82, 2.24) is 0 Å². The number of benzene rings is 1. The third-order valence-electron chi connectivity index (χ3n) is 1.27. The molecular formula is C6H8BrN3S. The summed E-state index contributed by atoms with van der Waals surface area (Å²) in [7, 11) is 0. The van der Waals surface area contributed by atoms with Gasteiger partial charge in [-0.1, -0.05) is 0 Å². The standard InChI is InChI=1S/C6H8BrN3S/c7-4-1-3(11-10)2-5(8)6(4)9/h1-2H,8-10H2. The summed E-state index contributed by atoms with van der Waals surface area (Å²) >= 11 is 4.40. The molecule has 0 saturated heterocycles. The van der Waals surface area contributed by atoms with Gasteiger partial charge >= 0.3 is 0 Å². The Morgan fingerprint density at radius 1 is 1.27 bits per heavy atom. The van der Waals surface area contributed by atoms with E-state index in [2.05, 4.69) is 15.9 Å². The van der Waals surface area contributed by atoms with Gasteiger partial charge in [0.05, 0.1) is 11.4 Å². The zero-order chi connectivity index (χ0) is 8.43. The van der Waals surface area contributed by atoms with Crippen LogP contribution in [0.25, 0.3) is 0 Å². The maximum absolute atomic E-state index is 5.58. The smallest absolute Gasteiger partial charge is 0.0692 e. The van der Waals surface area contributed by atoms with Crippen LogP contribution in [0.15, 0.2) is 21.5 Å². The second kappa shape index (κ2) is 3.34. The molecule has 0 heterocycles. The van der Waals surface area contributed by atoms with Crippen molar-refractivity contribution in [2.45, 2.75) is 4.90 Å². The molecule has 5 heteroatoms. The van der Waals surface area contributed by atoms with Gasteiger partial charge in [0.15, 0.2) is 0 Å². The lowest BCUT2D eigenvalue weighted by Gasteiger charge is -2.04. The largest absolute Gasteiger partial charge is 0.397 e. The van der Waals surface area contributed by atoms with Gasteiger partial charge in [0, 0.05) is 9.37 Å². The van der Waals surface area contributed by atoms with Gasteiger partial charge in [0.2, 0.25) is 0 Å². The molecule has 0 aliphatic rings.